The first kappa shape index (κ1) is 25.9. The molecule has 25 heavy (non-hydrogen) atoms. The van der Waals surface area contributed by atoms with Gasteiger partial charge in [-0.3, -0.25) is 4.28 Å². The standard InChI is InChI=1S/C11H19NO10S2.K/c1-2-5(14)3-7(12-22-24(18,19)20)23-11-10(17)9(16)8(15)6(4-13)21-11;/h2,5-6,8-11,13-17H,1,3-4H2,(H,18,19,20);/q;+1/p-1/b12-7+;/t5-,6-,8-,9+,10-,11+;/m1./s1. The number of nitrogens with zero attached hydrogens (tertiary/aromatic N) is 1. The molecule has 0 spiro atoms. The first-order chi connectivity index (χ1) is 11.1. The largest absolute Gasteiger partial charge is 1.00 e. The Kier molecular flexibility index (Phi) is 12.1. The summed E-state index contributed by atoms with van der Waals surface area (Å²) in [6.45, 7) is 2.65. The average molecular weight is 427 g/mol. The predicted molar refractivity (Wildman–Crippen MR) is 80.4 cm³/mol. The SMILES string of the molecule is C=C[C@@H](O)C/C(=N\OS(=O)(=O)[O-])S[C@@H]1O[C@H](CO)[C@@H](O)[C@H](O)[C@H]1O.[K+]. The van der Waals surface area contributed by atoms with Crippen molar-refractivity contribution in [3.8, 4) is 0 Å². The van der Waals surface area contributed by atoms with Crippen LogP contribution in [0.1, 0.15) is 6.42 Å². The first-order valence-corrected chi connectivity index (χ1v) is 8.79. The summed E-state index contributed by atoms with van der Waals surface area (Å²) in [7, 11) is -5.14. The molecule has 0 unspecified atom stereocenters. The number of hydrogen-bond donors (Lipinski definition) is 5. The van der Waals surface area contributed by atoms with Crippen LogP contribution in [-0.2, 0) is 19.4 Å². The zero-order valence-corrected chi connectivity index (χ0v) is 18.0. The van der Waals surface area contributed by atoms with E-state index in [1.165, 1.54) is 0 Å². The molecule has 5 N–H and O–H groups in total. The Morgan fingerprint density at radius 3 is 2.44 bits per heavy atom. The molecule has 6 atom stereocenters. The van der Waals surface area contributed by atoms with Gasteiger partial charge in [-0.15, -0.1) is 6.58 Å². The van der Waals surface area contributed by atoms with Gasteiger partial charge in [0, 0.05) is 6.42 Å². The molecule has 11 nitrogen and oxygen atoms in total. The molecule has 1 saturated heterocycles. The van der Waals surface area contributed by atoms with Gasteiger partial charge in [0.15, 0.2) is 0 Å². The van der Waals surface area contributed by atoms with Crippen LogP contribution in [0.2, 0.25) is 0 Å². The third-order valence-electron chi connectivity index (χ3n) is 2.99. The van der Waals surface area contributed by atoms with E-state index >= 15 is 0 Å². The van der Waals surface area contributed by atoms with E-state index in [1.54, 1.807) is 0 Å². The fourth-order valence-corrected chi connectivity index (χ4v) is 3.10. The van der Waals surface area contributed by atoms with E-state index in [-0.39, 0.29) is 62.8 Å². The second-order valence-corrected chi connectivity index (χ2v) is 6.93. The number of ether oxygens (including phenoxy) is 1. The Morgan fingerprint density at radius 1 is 1.36 bits per heavy atom. The summed E-state index contributed by atoms with van der Waals surface area (Å²) in [6, 6.07) is 0. The van der Waals surface area contributed by atoms with Gasteiger partial charge in [-0.25, -0.2) is 0 Å². The van der Waals surface area contributed by atoms with Gasteiger partial charge < -0.3 is 34.8 Å². The molecule has 140 valence electrons. The Labute approximate surface area is 191 Å². The maximum atomic E-state index is 10.5. The van der Waals surface area contributed by atoms with Crippen molar-refractivity contribution < 1.29 is 98.9 Å². The molecule has 0 aromatic rings. The molecule has 0 saturated carbocycles. The number of rotatable bonds is 7. The Bertz CT molecular complexity index is 557. The maximum Gasteiger partial charge on any atom is 1.00 e. The number of hydrogen-bond acceptors (Lipinski definition) is 12. The van der Waals surface area contributed by atoms with Crippen LogP contribution in [0.5, 0.6) is 0 Å². The summed E-state index contributed by atoms with van der Waals surface area (Å²) in [5.41, 5.74) is -1.28. The van der Waals surface area contributed by atoms with Gasteiger partial charge in [0.05, 0.1) is 12.7 Å². The van der Waals surface area contributed by atoms with Crippen LogP contribution in [0.4, 0.5) is 0 Å². The molecule has 1 aliphatic heterocycles. The predicted octanol–water partition coefficient (Wildman–Crippen LogP) is -5.75. The second-order valence-electron chi connectivity index (χ2n) is 4.79. The maximum absolute atomic E-state index is 10.5. The summed E-state index contributed by atoms with van der Waals surface area (Å²) >= 11 is 0.542. The fraction of sp³-hybridized carbons (Fsp3) is 0.727. The van der Waals surface area contributed by atoms with Gasteiger partial charge in [0.1, 0.15) is 34.9 Å². The molecule has 0 aromatic heterocycles. The Morgan fingerprint density at radius 2 is 1.96 bits per heavy atom. The van der Waals surface area contributed by atoms with Crippen molar-refractivity contribution >= 4 is 27.2 Å². The molecule has 0 radical (unpaired) electrons. The molecule has 0 bridgehead atoms. The summed E-state index contributed by atoms with van der Waals surface area (Å²) < 4.78 is 40.4. The minimum Gasteiger partial charge on any atom is -0.714 e. The molecule has 0 amide bonds. The molecule has 0 aromatic carbocycles. The van der Waals surface area contributed by atoms with Crippen LogP contribution in [0, 0.1) is 0 Å². The summed E-state index contributed by atoms with van der Waals surface area (Å²) in [5, 5.41) is 50.7. The summed E-state index contributed by atoms with van der Waals surface area (Å²) in [4.78, 5) is 0. The molecule has 1 fully saturated rings. The molecule has 14 heteroatoms. The van der Waals surface area contributed by atoms with Crippen LogP contribution in [0.15, 0.2) is 17.8 Å². The van der Waals surface area contributed by atoms with Gasteiger partial charge in [-0.05, 0) is 0 Å². The van der Waals surface area contributed by atoms with Crippen molar-refractivity contribution in [3.05, 3.63) is 12.7 Å². The summed E-state index contributed by atoms with van der Waals surface area (Å²) in [5.74, 6) is 0. The minimum absolute atomic E-state index is 0. The van der Waals surface area contributed by atoms with Crippen LogP contribution in [0.25, 0.3) is 0 Å². The van der Waals surface area contributed by atoms with E-state index in [0.717, 1.165) is 6.08 Å². The van der Waals surface area contributed by atoms with Crippen LogP contribution in [-0.4, -0.2) is 86.1 Å². The fourth-order valence-electron chi connectivity index (χ4n) is 1.76. The minimum atomic E-state index is -5.14. The topological polar surface area (TPSA) is 189 Å². The van der Waals surface area contributed by atoms with Crippen molar-refractivity contribution in [3.63, 3.8) is 0 Å². The Hall–Kier alpha value is 0.866. The summed E-state index contributed by atoms with van der Waals surface area (Å²) in [6.07, 6.45) is -6.41. The van der Waals surface area contributed by atoms with E-state index in [0.29, 0.717) is 11.8 Å². The van der Waals surface area contributed by atoms with Gasteiger partial charge in [-0.2, -0.15) is 8.42 Å². The third-order valence-corrected chi connectivity index (χ3v) is 4.38. The van der Waals surface area contributed by atoms with Gasteiger partial charge >= 0.3 is 51.4 Å². The monoisotopic (exact) mass is 427 g/mol. The Balaban J connectivity index is 0.00000576. The van der Waals surface area contributed by atoms with Crippen LogP contribution < -0.4 is 51.4 Å². The molecule has 1 rings (SSSR count). The van der Waals surface area contributed by atoms with Crippen LogP contribution >= 0.6 is 11.8 Å². The number of oxime groups is 1. The first-order valence-electron chi connectivity index (χ1n) is 6.58. The van der Waals surface area contributed by atoms with Crippen molar-refractivity contribution in [2.24, 2.45) is 5.16 Å². The quantitative estimate of drug-likeness (QED) is 0.0495. The normalized spacial score (nSPS) is 31.8. The number of aliphatic hydroxyl groups is 5. The molecule has 0 aliphatic carbocycles. The molecule has 1 aliphatic rings. The zero-order chi connectivity index (χ0) is 18.5. The van der Waals surface area contributed by atoms with Crippen molar-refractivity contribution in [2.75, 3.05) is 6.61 Å². The van der Waals surface area contributed by atoms with Gasteiger partial charge in [0.25, 0.3) is 10.4 Å². The smallest absolute Gasteiger partial charge is 0.714 e. The molecular formula is C11H18KNO10S2. The van der Waals surface area contributed by atoms with Crippen molar-refractivity contribution in [2.45, 2.75) is 42.4 Å². The van der Waals surface area contributed by atoms with Gasteiger partial charge in [-0.1, -0.05) is 23.0 Å². The zero-order valence-electron chi connectivity index (χ0n) is 13.2. The number of aliphatic hydroxyl groups excluding tert-OH is 5. The molecular weight excluding hydrogens is 409 g/mol. The average Bonchev–Trinajstić information content (AvgIpc) is 2.52. The second kappa shape index (κ2) is 11.7. The van der Waals surface area contributed by atoms with E-state index in [1.807, 2.05) is 0 Å². The van der Waals surface area contributed by atoms with E-state index < -0.39 is 53.0 Å². The van der Waals surface area contributed by atoms with Crippen molar-refractivity contribution in [1.29, 1.82) is 0 Å². The molecule has 1 heterocycles. The third kappa shape index (κ3) is 8.61. The van der Waals surface area contributed by atoms with Crippen LogP contribution in [0.3, 0.4) is 0 Å². The van der Waals surface area contributed by atoms with E-state index in [2.05, 4.69) is 16.0 Å². The van der Waals surface area contributed by atoms with E-state index in [9.17, 15) is 33.4 Å². The van der Waals surface area contributed by atoms with Gasteiger partial charge in [0.2, 0.25) is 0 Å². The number of thioether (sulfide) groups is 1. The van der Waals surface area contributed by atoms with E-state index in [4.69, 9.17) is 9.84 Å². The van der Waals surface area contributed by atoms with Crippen molar-refractivity contribution in [1.82, 2.24) is 0 Å².